The molecule has 1 heterocycles. The molecular formula is C14H11NO7. The molecule has 0 saturated carbocycles. The normalized spacial score (nSPS) is 12.0. The predicted octanol–water partition coefficient (Wildman–Crippen LogP) is 0.752. The first kappa shape index (κ1) is 15.2. The molecule has 1 aliphatic heterocycles. The number of fused-ring (bicyclic) bond motifs is 1. The van der Waals surface area contributed by atoms with Crippen molar-refractivity contribution in [2.45, 2.75) is 12.5 Å². The fourth-order valence-corrected chi connectivity index (χ4v) is 2.27. The Morgan fingerprint density at radius 1 is 1.05 bits per heavy atom. The quantitative estimate of drug-likeness (QED) is 0.742. The Labute approximate surface area is 123 Å². The van der Waals surface area contributed by atoms with E-state index in [-0.39, 0.29) is 11.3 Å². The first-order valence-electron chi connectivity index (χ1n) is 6.15. The van der Waals surface area contributed by atoms with E-state index in [1.165, 1.54) is 24.3 Å². The molecule has 1 aliphatic carbocycles. The molecule has 0 spiro atoms. The van der Waals surface area contributed by atoms with Gasteiger partial charge in [0.05, 0.1) is 12.1 Å². The van der Waals surface area contributed by atoms with Crippen molar-refractivity contribution in [1.29, 1.82) is 0 Å². The van der Waals surface area contributed by atoms with E-state index in [4.69, 9.17) is 5.11 Å². The Kier molecular flexibility index (Phi) is 3.93. The van der Waals surface area contributed by atoms with Crippen LogP contribution in [0, 0.1) is 0 Å². The summed E-state index contributed by atoms with van der Waals surface area (Å²) in [5, 5.41) is 27.2. The SMILES string of the molecule is O=C(O)CC(C(=O)O)n1c2cccccc-2c(C(=O)O)c1=O. The van der Waals surface area contributed by atoms with E-state index in [2.05, 4.69) is 0 Å². The van der Waals surface area contributed by atoms with E-state index in [0.717, 1.165) is 0 Å². The third-order valence-electron chi connectivity index (χ3n) is 3.16. The molecule has 0 radical (unpaired) electrons. The zero-order valence-corrected chi connectivity index (χ0v) is 11.1. The third-order valence-corrected chi connectivity index (χ3v) is 3.16. The van der Waals surface area contributed by atoms with Crippen LogP contribution in [-0.2, 0) is 9.59 Å². The van der Waals surface area contributed by atoms with Crippen molar-refractivity contribution < 1.29 is 29.7 Å². The van der Waals surface area contributed by atoms with E-state index >= 15 is 0 Å². The molecule has 1 atom stereocenters. The van der Waals surface area contributed by atoms with Crippen LogP contribution in [-0.4, -0.2) is 37.8 Å². The van der Waals surface area contributed by atoms with Gasteiger partial charge in [0.1, 0.15) is 11.6 Å². The van der Waals surface area contributed by atoms with Gasteiger partial charge in [-0.15, -0.1) is 0 Å². The second-order valence-corrected chi connectivity index (χ2v) is 4.52. The van der Waals surface area contributed by atoms with Gasteiger partial charge >= 0.3 is 17.9 Å². The van der Waals surface area contributed by atoms with Crippen molar-refractivity contribution >= 4 is 17.9 Å². The number of rotatable bonds is 5. The molecule has 0 fully saturated rings. The summed E-state index contributed by atoms with van der Waals surface area (Å²) in [5.41, 5.74) is -1.51. The zero-order valence-electron chi connectivity index (χ0n) is 11.1. The van der Waals surface area contributed by atoms with Crippen LogP contribution in [0.3, 0.4) is 0 Å². The van der Waals surface area contributed by atoms with Crippen molar-refractivity contribution in [3.05, 3.63) is 46.2 Å². The number of hydrogen-bond acceptors (Lipinski definition) is 4. The Morgan fingerprint density at radius 3 is 2.23 bits per heavy atom. The highest BCUT2D eigenvalue weighted by atomic mass is 16.4. The molecule has 0 amide bonds. The summed E-state index contributed by atoms with van der Waals surface area (Å²) in [5.74, 6) is -4.44. The van der Waals surface area contributed by atoms with Crippen LogP contribution in [0.15, 0.2) is 35.1 Å². The van der Waals surface area contributed by atoms with Gasteiger partial charge in [-0.05, 0) is 6.07 Å². The summed E-state index contributed by atoms with van der Waals surface area (Å²) in [6.07, 6.45) is -0.841. The lowest BCUT2D eigenvalue weighted by Gasteiger charge is -2.13. The van der Waals surface area contributed by atoms with Crippen LogP contribution in [0.25, 0.3) is 11.3 Å². The summed E-state index contributed by atoms with van der Waals surface area (Å²) in [6, 6.07) is 5.64. The second kappa shape index (κ2) is 5.68. The van der Waals surface area contributed by atoms with Crippen molar-refractivity contribution in [3.63, 3.8) is 0 Å². The summed E-state index contributed by atoms with van der Waals surface area (Å²) in [6.45, 7) is 0. The zero-order chi connectivity index (χ0) is 16.4. The molecule has 1 unspecified atom stereocenters. The minimum Gasteiger partial charge on any atom is -0.481 e. The van der Waals surface area contributed by atoms with Gasteiger partial charge in [0, 0.05) is 5.56 Å². The monoisotopic (exact) mass is 305 g/mol. The summed E-state index contributed by atoms with van der Waals surface area (Å²) >= 11 is 0. The van der Waals surface area contributed by atoms with Crippen molar-refractivity contribution in [2.75, 3.05) is 0 Å². The smallest absolute Gasteiger partial charge is 0.342 e. The number of carbonyl (C=O) groups is 3. The standard InChI is InChI=1S/C14H11NO7/c16-10(17)6-9(13(19)20)15-8-5-3-1-2-4-7(8)11(12(15)18)14(21)22/h1-5,9H,6H2,(H,16,17)(H,19,20)(H,21,22). The van der Waals surface area contributed by atoms with Gasteiger partial charge in [-0.3, -0.25) is 14.2 Å². The van der Waals surface area contributed by atoms with Crippen LogP contribution in [0.4, 0.5) is 0 Å². The molecule has 0 bridgehead atoms. The first-order chi connectivity index (χ1) is 10.3. The van der Waals surface area contributed by atoms with Gasteiger partial charge in [0.2, 0.25) is 0 Å². The number of aromatic nitrogens is 1. The molecule has 0 saturated heterocycles. The van der Waals surface area contributed by atoms with Crippen LogP contribution >= 0.6 is 0 Å². The molecule has 8 heteroatoms. The van der Waals surface area contributed by atoms with E-state index in [1.807, 2.05) is 0 Å². The molecule has 0 aromatic heterocycles. The maximum absolute atomic E-state index is 12.3. The summed E-state index contributed by atoms with van der Waals surface area (Å²) < 4.78 is 0.704. The molecule has 3 N–H and O–H groups in total. The Bertz CT molecular complexity index is 792. The van der Waals surface area contributed by atoms with Crippen molar-refractivity contribution in [2.24, 2.45) is 0 Å². The first-order valence-corrected chi connectivity index (χ1v) is 6.15. The molecular weight excluding hydrogens is 294 g/mol. The fraction of sp³-hybridized carbons (Fsp3) is 0.143. The maximum atomic E-state index is 12.3. The Balaban J connectivity index is 2.82. The van der Waals surface area contributed by atoms with E-state index in [0.29, 0.717) is 4.57 Å². The number of carboxylic acid groups (broad SMARTS) is 3. The average molecular weight is 305 g/mol. The highest BCUT2D eigenvalue weighted by Gasteiger charge is 2.32. The molecule has 114 valence electrons. The molecule has 0 aromatic carbocycles. The lowest BCUT2D eigenvalue weighted by Crippen LogP contribution is -2.31. The maximum Gasteiger partial charge on any atom is 0.342 e. The average Bonchev–Trinajstić information content (AvgIpc) is 2.57. The largest absolute Gasteiger partial charge is 0.481 e. The van der Waals surface area contributed by atoms with Crippen LogP contribution in [0.1, 0.15) is 22.8 Å². The van der Waals surface area contributed by atoms with Gasteiger partial charge in [-0.25, -0.2) is 9.59 Å². The summed E-state index contributed by atoms with van der Waals surface area (Å²) in [4.78, 5) is 45.7. The van der Waals surface area contributed by atoms with Crippen LogP contribution in [0.5, 0.6) is 0 Å². The third kappa shape index (κ3) is 2.53. The van der Waals surface area contributed by atoms with Gasteiger partial charge in [-0.1, -0.05) is 24.3 Å². The number of aromatic carboxylic acids is 1. The molecule has 8 nitrogen and oxygen atoms in total. The molecule has 2 rings (SSSR count). The van der Waals surface area contributed by atoms with Gasteiger partial charge in [0.25, 0.3) is 5.56 Å². The molecule has 2 aliphatic rings. The predicted molar refractivity (Wildman–Crippen MR) is 73.2 cm³/mol. The number of carboxylic acids is 3. The van der Waals surface area contributed by atoms with Gasteiger partial charge in [-0.2, -0.15) is 0 Å². The number of nitrogens with zero attached hydrogens (tertiary/aromatic N) is 1. The van der Waals surface area contributed by atoms with E-state index in [1.54, 1.807) is 6.07 Å². The van der Waals surface area contributed by atoms with Crippen molar-refractivity contribution in [1.82, 2.24) is 4.57 Å². The van der Waals surface area contributed by atoms with Crippen LogP contribution < -0.4 is 5.56 Å². The lowest BCUT2D eigenvalue weighted by molar-refractivity contribution is -0.147. The van der Waals surface area contributed by atoms with E-state index in [9.17, 15) is 29.4 Å². The Hall–Kier alpha value is -3.16. The second-order valence-electron chi connectivity index (χ2n) is 4.52. The minimum atomic E-state index is -1.69. The minimum absolute atomic E-state index is 0.0548. The van der Waals surface area contributed by atoms with Crippen molar-refractivity contribution in [3.8, 4) is 11.3 Å². The van der Waals surface area contributed by atoms with Gasteiger partial charge in [0.15, 0.2) is 0 Å². The fourth-order valence-electron chi connectivity index (χ4n) is 2.27. The van der Waals surface area contributed by atoms with Gasteiger partial charge < -0.3 is 15.3 Å². The van der Waals surface area contributed by atoms with Crippen LogP contribution in [0.2, 0.25) is 0 Å². The lowest BCUT2D eigenvalue weighted by atomic mass is 10.1. The number of hydrogen-bond donors (Lipinski definition) is 3. The van der Waals surface area contributed by atoms with E-state index < -0.39 is 41.5 Å². The Morgan fingerprint density at radius 2 is 1.68 bits per heavy atom. The summed E-state index contributed by atoms with van der Waals surface area (Å²) in [7, 11) is 0. The topological polar surface area (TPSA) is 134 Å². The molecule has 0 aromatic rings. The number of aliphatic carboxylic acids is 2. The highest BCUT2D eigenvalue weighted by molar-refractivity contribution is 5.96. The molecule has 22 heavy (non-hydrogen) atoms. The highest BCUT2D eigenvalue weighted by Crippen LogP contribution is 2.28.